The molecule has 0 spiro atoms. The van der Waals surface area contributed by atoms with E-state index in [1.54, 1.807) is 6.07 Å². The van der Waals surface area contributed by atoms with Crippen LogP contribution in [-0.2, 0) is 11.3 Å². The van der Waals surface area contributed by atoms with Crippen LogP contribution < -0.4 is 5.32 Å². The molecule has 6 heteroatoms. The van der Waals surface area contributed by atoms with E-state index >= 15 is 0 Å². The molecule has 4 rings (SSSR count). The summed E-state index contributed by atoms with van der Waals surface area (Å²) in [6.07, 6.45) is 0.489. The van der Waals surface area contributed by atoms with Crippen LogP contribution in [0.1, 0.15) is 47.9 Å². The van der Waals surface area contributed by atoms with E-state index in [0.717, 1.165) is 5.39 Å². The zero-order chi connectivity index (χ0) is 19.8. The Kier molecular flexibility index (Phi) is 4.89. The van der Waals surface area contributed by atoms with Crippen molar-refractivity contribution in [1.82, 2.24) is 5.32 Å². The number of amides is 1. The zero-order valence-electron chi connectivity index (χ0n) is 15.7. The molecule has 2 aromatic carbocycles. The summed E-state index contributed by atoms with van der Waals surface area (Å²) in [5, 5.41) is 3.66. The number of hydrogen-bond donors (Lipinski definition) is 1. The van der Waals surface area contributed by atoms with Crippen LogP contribution in [0.3, 0.4) is 0 Å². The molecule has 146 valence electrons. The molecular weight excluding hydrogens is 364 g/mol. The van der Waals surface area contributed by atoms with Gasteiger partial charge in [-0.1, -0.05) is 24.3 Å². The number of ether oxygens (including phenoxy) is 1. The van der Waals surface area contributed by atoms with Crippen LogP contribution >= 0.6 is 0 Å². The minimum Gasteiger partial charge on any atom is -0.451 e. The highest BCUT2D eigenvalue weighted by Crippen LogP contribution is 2.43. The van der Waals surface area contributed by atoms with Crippen molar-refractivity contribution in [3.05, 3.63) is 71.0 Å². The Labute approximate surface area is 161 Å². The van der Waals surface area contributed by atoms with Gasteiger partial charge in [0.2, 0.25) is 0 Å². The number of furan rings is 1. The second-order valence-electron chi connectivity index (χ2n) is 7.32. The highest BCUT2D eigenvalue weighted by molar-refractivity contribution is 5.99. The number of carbonyl (C=O) groups is 1. The number of fused-ring (bicyclic) bond motifs is 1. The highest BCUT2D eigenvalue weighted by atomic mass is 19.1. The average molecular weight is 385 g/mol. The Hall–Kier alpha value is -2.73. The number of nitrogens with one attached hydrogen (secondary N) is 1. The highest BCUT2D eigenvalue weighted by Gasteiger charge is 2.43. The summed E-state index contributed by atoms with van der Waals surface area (Å²) in [6, 6.07) is 10.8. The van der Waals surface area contributed by atoms with Gasteiger partial charge < -0.3 is 14.5 Å². The summed E-state index contributed by atoms with van der Waals surface area (Å²) in [4.78, 5) is 12.8. The third-order valence-electron chi connectivity index (χ3n) is 4.94. The summed E-state index contributed by atoms with van der Waals surface area (Å²) in [5.74, 6) is -1.76. The molecule has 1 amide bonds. The van der Waals surface area contributed by atoms with Crippen LogP contribution in [0.2, 0.25) is 0 Å². The molecule has 1 N–H and O–H groups in total. The maximum atomic E-state index is 14.0. The summed E-state index contributed by atoms with van der Waals surface area (Å²) in [6.45, 7) is 4.08. The number of halogens is 2. The Morgan fingerprint density at radius 3 is 2.61 bits per heavy atom. The smallest absolute Gasteiger partial charge is 0.287 e. The second kappa shape index (κ2) is 7.36. The Morgan fingerprint density at radius 1 is 1.18 bits per heavy atom. The monoisotopic (exact) mass is 385 g/mol. The second-order valence-corrected chi connectivity index (χ2v) is 7.32. The van der Waals surface area contributed by atoms with E-state index < -0.39 is 17.5 Å². The average Bonchev–Trinajstić information content (AvgIpc) is 3.28. The molecule has 28 heavy (non-hydrogen) atoms. The molecule has 1 saturated carbocycles. The maximum Gasteiger partial charge on any atom is 0.287 e. The summed E-state index contributed by atoms with van der Waals surface area (Å²) in [7, 11) is 0. The van der Waals surface area contributed by atoms with Crippen molar-refractivity contribution in [1.29, 1.82) is 0 Å². The molecule has 2 atom stereocenters. The van der Waals surface area contributed by atoms with E-state index in [9.17, 15) is 13.6 Å². The van der Waals surface area contributed by atoms with Crippen molar-refractivity contribution in [3.8, 4) is 0 Å². The Bertz CT molecular complexity index is 1010. The molecule has 0 aliphatic heterocycles. The first-order valence-corrected chi connectivity index (χ1v) is 9.32. The molecule has 0 bridgehead atoms. The molecule has 4 nitrogen and oxygen atoms in total. The predicted molar refractivity (Wildman–Crippen MR) is 101 cm³/mol. The lowest BCUT2D eigenvalue weighted by Crippen LogP contribution is -2.27. The van der Waals surface area contributed by atoms with Gasteiger partial charge in [-0.15, -0.1) is 0 Å². The van der Waals surface area contributed by atoms with E-state index in [2.05, 4.69) is 5.32 Å². The van der Waals surface area contributed by atoms with Gasteiger partial charge in [0.25, 0.3) is 5.91 Å². The summed E-state index contributed by atoms with van der Waals surface area (Å²) in [5.41, 5.74) is 1.30. The fourth-order valence-electron chi connectivity index (χ4n) is 3.45. The van der Waals surface area contributed by atoms with Gasteiger partial charge in [0.05, 0.1) is 12.7 Å². The maximum absolute atomic E-state index is 14.0. The third-order valence-corrected chi connectivity index (χ3v) is 4.94. The van der Waals surface area contributed by atoms with E-state index in [1.807, 2.05) is 32.0 Å². The van der Waals surface area contributed by atoms with Gasteiger partial charge in [-0.25, -0.2) is 8.78 Å². The Balaban J connectivity index is 1.56. The normalized spacial score (nSPS) is 18.6. The van der Waals surface area contributed by atoms with E-state index in [-0.39, 0.29) is 36.0 Å². The fourth-order valence-corrected chi connectivity index (χ4v) is 3.45. The van der Waals surface area contributed by atoms with Crippen LogP contribution in [0.4, 0.5) is 8.78 Å². The lowest BCUT2D eigenvalue weighted by Gasteiger charge is -2.09. The van der Waals surface area contributed by atoms with Crippen molar-refractivity contribution in [2.75, 3.05) is 0 Å². The molecule has 0 saturated heterocycles. The van der Waals surface area contributed by atoms with Crippen LogP contribution in [0.25, 0.3) is 11.0 Å². The first-order chi connectivity index (χ1) is 13.5. The first kappa shape index (κ1) is 18.6. The van der Waals surface area contributed by atoms with Gasteiger partial charge in [0, 0.05) is 28.5 Å². The zero-order valence-corrected chi connectivity index (χ0v) is 15.7. The van der Waals surface area contributed by atoms with Crippen molar-refractivity contribution in [2.24, 2.45) is 0 Å². The SMILES string of the molecule is CC(C)OCc1c(C(=O)NC2CC2c2c(F)cccc2F)oc2ccccc12. The third kappa shape index (κ3) is 3.52. The van der Waals surface area contributed by atoms with Crippen molar-refractivity contribution in [3.63, 3.8) is 0 Å². The lowest BCUT2D eigenvalue weighted by molar-refractivity contribution is 0.0643. The molecular formula is C22H21F2NO3. The van der Waals surface area contributed by atoms with Gasteiger partial charge in [-0.3, -0.25) is 4.79 Å². The minimum absolute atomic E-state index is 0.00131. The van der Waals surface area contributed by atoms with Gasteiger partial charge in [0.15, 0.2) is 5.76 Å². The topological polar surface area (TPSA) is 51.5 Å². The van der Waals surface area contributed by atoms with E-state index in [0.29, 0.717) is 17.6 Å². The number of para-hydroxylation sites is 1. The fraction of sp³-hybridized carbons (Fsp3) is 0.318. The number of hydrogen-bond acceptors (Lipinski definition) is 3. The van der Waals surface area contributed by atoms with Crippen molar-refractivity contribution >= 4 is 16.9 Å². The van der Waals surface area contributed by atoms with Gasteiger partial charge in [-0.05, 0) is 38.5 Å². The Morgan fingerprint density at radius 2 is 1.89 bits per heavy atom. The summed E-state index contributed by atoms with van der Waals surface area (Å²) >= 11 is 0. The van der Waals surface area contributed by atoms with Crippen molar-refractivity contribution in [2.45, 2.75) is 44.9 Å². The first-order valence-electron chi connectivity index (χ1n) is 9.32. The number of rotatable bonds is 6. The van der Waals surface area contributed by atoms with Crippen LogP contribution in [0.5, 0.6) is 0 Å². The molecule has 1 aliphatic rings. The molecule has 1 aromatic heterocycles. The quantitative estimate of drug-likeness (QED) is 0.655. The van der Waals surface area contributed by atoms with Crippen molar-refractivity contribution < 1.29 is 22.7 Å². The molecule has 2 unspecified atom stereocenters. The van der Waals surface area contributed by atoms with Gasteiger partial charge >= 0.3 is 0 Å². The largest absolute Gasteiger partial charge is 0.451 e. The van der Waals surface area contributed by atoms with E-state index in [1.165, 1.54) is 18.2 Å². The number of benzene rings is 2. The van der Waals surface area contributed by atoms with Gasteiger partial charge in [0.1, 0.15) is 17.2 Å². The van der Waals surface area contributed by atoms with Crippen LogP contribution in [0.15, 0.2) is 46.9 Å². The van der Waals surface area contributed by atoms with Crippen LogP contribution in [-0.4, -0.2) is 18.1 Å². The number of carbonyl (C=O) groups excluding carboxylic acids is 1. The molecule has 1 fully saturated rings. The van der Waals surface area contributed by atoms with E-state index in [4.69, 9.17) is 9.15 Å². The molecule has 1 heterocycles. The molecule has 3 aromatic rings. The molecule has 1 aliphatic carbocycles. The minimum atomic E-state index is -0.587. The lowest BCUT2D eigenvalue weighted by atomic mass is 10.1. The van der Waals surface area contributed by atoms with Crippen LogP contribution in [0, 0.1) is 11.6 Å². The predicted octanol–water partition coefficient (Wildman–Crippen LogP) is 4.92. The van der Waals surface area contributed by atoms with Gasteiger partial charge in [-0.2, -0.15) is 0 Å². The molecule has 0 radical (unpaired) electrons. The standard InChI is InChI=1S/C22H21F2NO3/c1-12(2)27-11-15-13-6-3-4-9-19(13)28-21(15)22(26)25-18-10-14(18)20-16(23)7-5-8-17(20)24/h3-9,12,14,18H,10-11H2,1-2H3,(H,25,26). The summed E-state index contributed by atoms with van der Waals surface area (Å²) < 4.78 is 39.4.